The van der Waals surface area contributed by atoms with Crippen LogP contribution in [0, 0.1) is 6.92 Å². The van der Waals surface area contributed by atoms with E-state index < -0.39 is 0 Å². The smallest absolute Gasteiger partial charge is 0.0481 e. The highest BCUT2D eigenvalue weighted by Gasteiger charge is 2.09. The highest BCUT2D eigenvalue weighted by Crippen LogP contribution is 2.38. The molecule has 0 spiro atoms. The molecular formula is C11H12S3. The first-order valence-electron chi connectivity index (χ1n) is 4.36. The number of fused-ring (bicyclic) bond motifs is 1. The summed E-state index contributed by atoms with van der Waals surface area (Å²) in [5, 5.41) is 3.56. The van der Waals surface area contributed by atoms with Crippen molar-refractivity contribution in [2.45, 2.75) is 16.7 Å². The number of thiophene rings is 1. The third kappa shape index (κ3) is 1.58. The Morgan fingerprint density at radius 1 is 1.21 bits per heavy atom. The maximum absolute atomic E-state index is 2.30. The molecule has 0 saturated heterocycles. The SMILES string of the molecule is CSc1cc2ccsc2c(SC)c1C. The predicted molar refractivity (Wildman–Crippen MR) is 70.1 cm³/mol. The minimum absolute atomic E-state index is 1.38. The Balaban J connectivity index is 2.80. The molecule has 0 saturated carbocycles. The van der Waals surface area contributed by atoms with Gasteiger partial charge in [0.25, 0.3) is 0 Å². The molecule has 1 aromatic carbocycles. The molecule has 1 heterocycles. The summed E-state index contributed by atoms with van der Waals surface area (Å²) in [5.74, 6) is 0. The molecule has 1 aromatic heterocycles. The predicted octanol–water partition coefficient (Wildman–Crippen LogP) is 4.65. The first kappa shape index (κ1) is 10.4. The first-order chi connectivity index (χ1) is 6.77. The second-order valence-electron chi connectivity index (χ2n) is 3.08. The fourth-order valence-corrected chi connectivity index (χ4v) is 4.31. The van der Waals surface area contributed by atoms with E-state index in [0.29, 0.717) is 0 Å². The maximum Gasteiger partial charge on any atom is 0.0481 e. The Kier molecular flexibility index (Phi) is 3.10. The second-order valence-corrected chi connectivity index (χ2v) is 5.66. The standard InChI is InChI=1S/C11H12S3/c1-7-9(12-2)6-8-4-5-14-11(8)10(7)13-3/h4-6H,1-3H3. The summed E-state index contributed by atoms with van der Waals surface area (Å²) in [6, 6.07) is 4.50. The molecule has 3 heteroatoms. The van der Waals surface area contributed by atoms with E-state index in [2.05, 4.69) is 36.9 Å². The van der Waals surface area contributed by atoms with Gasteiger partial charge in [-0.1, -0.05) is 0 Å². The number of hydrogen-bond acceptors (Lipinski definition) is 3. The van der Waals surface area contributed by atoms with Crippen LogP contribution in [0.3, 0.4) is 0 Å². The van der Waals surface area contributed by atoms with Crippen molar-refractivity contribution in [2.24, 2.45) is 0 Å². The lowest BCUT2D eigenvalue weighted by molar-refractivity contribution is 1.24. The van der Waals surface area contributed by atoms with Gasteiger partial charge >= 0.3 is 0 Å². The number of benzene rings is 1. The molecule has 0 aliphatic heterocycles. The zero-order chi connectivity index (χ0) is 10.1. The van der Waals surface area contributed by atoms with Crippen LogP contribution in [0.15, 0.2) is 27.3 Å². The van der Waals surface area contributed by atoms with Crippen LogP contribution < -0.4 is 0 Å². The maximum atomic E-state index is 2.30. The number of hydrogen-bond donors (Lipinski definition) is 0. The molecule has 0 bridgehead atoms. The van der Waals surface area contributed by atoms with E-state index in [1.807, 2.05) is 34.9 Å². The Morgan fingerprint density at radius 2 is 2.00 bits per heavy atom. The molecule has 0 aliphatic carbocycles. The third-order valence-electron chi connectivity index (χ3n) is 2.32. The van der Waals surface area contributed by atoms with Crippen molar-refractivity contribution in [1.82, 2.24) is 0 Å². The molecule has 14 heavy (non-hydrogen) atoms. The Labute approximate surface area is 97.1 Å². The molecule has 0 amide bonds. The van der Waals surface area contributed by atoms with Gasteiger partial charge in [0.1, 0.15) is 0 Å². The Bertz CT molecular complexity index is 457. The summed E-state index contributed by atoms with van der Waals surface area (Å²) in [6.07, 6.45) is 4.30. The van der Waals surface area contributed by atoms with Gasteiger partial charge in [-0.2, -0.15) is 0 Å². The van der Waals surface area contributed by atoms with Crippen LogP contribution in [0.1, 0.15) is 5.56 Å². The summed E-state index contributed by atoms with van der Waals surface area (Å²) >= 11 is 5.53. The van der Waals surface area contributed by atoms with Gasteiger partial charge in [0.05, 0.1) is 0 Å². The largest absolute Gasteiger partial charge is 0.143 e. The molecule has 2 rings (SSSR count). The van der Waals surface area contributed by atoms with E-state index in [9.17, 15) is 0 Å². The number of rotatable bonds is 2. The molecule has 0 atom stereocenters. The van der Waals surface area contributed by atoms with Crippen LogP contribution in [-0.2, 0) is 0 Å². The van der Waals surface area contributed by atoms with Crippen LogP contribution in [0.4, 0.5) is 0 Å². The van der Waals surface area contributed by atoms with Gasteiger partial charge < -0.3 is 0 Å². The van der Waals surface area contributed by atoms with Crippen molar-refractivity contribution >= 4 is 44.9 Å². The summed E-state index contributed by atoms with van der Waals surface area (Å²) in [6.45, 7) is 2.22. The third-order valence-corrected chi connectivity index (χ3v) is 5.18. The molecule has 2 aromatic rings. The first-order valence-corrected chi connectivity index (χ1v) is 7.69. The van der Waals surface area contributed by atoms with E-state index in [-0.39, 0.29) is 0 Å². The molecule has 0 radical (unpaired) electrons. The molecule has 0 aliphatic rings. The zero-order valence-electron chi connectivity index (χ0n) is 8.46. The van der Waals surface area contributed by atoms with Gasteiger partial charge in [-0.15, -0.1) is 34.9 Å². The average molecular weight is 240 g/mol. The summed E-state index contributed by atoms with van der Waals surface area (Å²) in [7, 11) is 0. The van der Waals surface area contributed by atoms with Gasteiger partial charge in [0.15, 0.2) is 0 Å². The lowest BCUT2D eigenvalue weighted by Gasteiger charge is -2.08. The lowest BCUT2D eigenvalue weighted by Crippen LogP contribution is -1.83. The number of thioether (sulfide) groups is 2. The van der Waals surface area contributed by atoms with Gasteiger partial charge in [-0.25, -0.2) is 0 Å². The molecule has 74 valence electrons. The minimum atomic E-state index is 1.38. The van der Waals surface area contributed by atoms with Gasteiger partial charge in [-0.05, 0) is 47.9 Å². The lowest BCUT2D eigenvalue weighted by atomic mass is 10.2. The Hall–Kier alpha value is -0.120. The molecule has 0 fully saturated rings. The van der Waals surface area contributed by atoms with Crippen molar-refractivity contribution < 1.29 is 0 Å². The summed E-state index contributed by atoms with van der Waals surface area (Å²) < 4.78 is 1.44. The molecule has 0 nitrogen and oxygen atoms in total. The van der Waals surface area contributed by atoms with E-state index in [1.165, 1.54) is 25.4 Å². The van der Waals surface area contributed by atoms with Crippen molar-refractivity contribution in [1.29, 1.82) is 0 Å². The van der Waals surface area contributed by atoms with Crippen molar-refractivity contribution in [3.8, 4) is 0 Å². The highest BCUT2D eigenvalue weighted by molar-refractivity contribution is 7.99. The van der Waals surface area contributed by atoms with E-state index >= 15 is 0 Å². The Morgan fingerprint density at radius 3 is 2.64 bits per heavy atom. The fraction of sp³-hybridized carbons (Fsp3) is 0.273. The van der Waals surface area contributed by atoms with E-state index in [0.717, 1.165) is 0 Å². The van der Waals surface area contributed by atoms with Crippen LogP contribution in [0.5, 0.6) is 0 Å². The zero-order valence-corrected chi connectivity index (χ0v) is 10.9. The monoisotopic (exact) mass is 240 g/mol. The summed E-state index contributed by atoms with van der Waals surface area (Å²) in [5.41, 5.74) is 1.43. The van der Waals surface area contributed by atoms with Gasteiger partial charge in [0, 0.05) is 14.5 Å². The fourth-order valence-electron chi connectivity index (χ4n) is 1.61. The summed E-state index contributed by atoms with van der Waals surface area (Å²) in [4.78, 5) is 2.85. The normalized spacial score (nSPS) is 11.1. The van der Waals surface area contributed by atoms with Crippen molar-refractivity contribution in [2.75, 3.05) is 12.5 Å². The van der Waals surface area contributed by atoms with Crippen molar-refractivity contribution in [3.63, 3.8) is 0 Å². The van der Waals surface area contributed by atoms with Gasteiger partial charge in [0.2, 0.25) is 0 Å². The highest BCUT2D eigenvalue weighted by atomic mass is 32.2. The second kappa shape index (κ2) is 4.17. The molecular weight excluding hydrogens is 228 g/mol. The average Bonchev–Trinajstić information content (AvgIpc) is 2.64. The molecule has 0 unspecified atom stereocenters. The molecule has 0 N–H and O–H groups in total. The van der Waals surface area contributed by atoms with Crippen molar-refractivity contribution in [3.05, 3.63) is 23.1 Å². The van der Waals surface area contributed by atoms with Gasteiger partial charge in [-0.3, -0.25) is 0 Å². The van der Waals surface area contributed by atoms with E-state index in [1.54, 1.807) is 0 Å². The van der Waals surface area contributed by atoms with Crippen LogP contribution >= 0.6 is 34.9 Å². The minimum Gasteiger partial charge on any atom is -0.143 e. The topological polar surface area (TPSA) is 0 Å². The van der Waals surface area contributed by atoms with Crippen LogP contribution in [-0.4, -0.2) is 12.5 Å². The van der Waals surface area contributed by atoms with Crippen LogP contribution in [0.2, 0.25) is 0 Å². The quantitative estimate of drug-likeness (QED) is 0.701. The van der Waals surface area contributed by atoms with Crippen LogP contribution in [0.25, 0.3) is 10.1 Å². The van der Waals surface area contributed by atoms with E-state index in [4.69, 9.17) is 0 Å².